The molecule has 20 heavy (non-hydrogen) atoms. The van der Waals surface area contributed by atoms with Gasteiger partial charge < -0.3 is 10.4 Å². The summed E-state index contributed by atoms with van der Waals surface area (Å²) in [4.78, 5) is 0. The number of aliphatic hydroxyl groups is 1. The smallest absolute Gasteiger partial charge is 0.0991 e. The van der Waals surface area contributed by atoms with Gasteiger partial charge in [-0.05, 0) is 19.1 Å². The van der Waals surface area contributed by atoms with E-state index in [1.807, 2.05) is 32.3 Å². The largest absolute Gasteiger partial charge is 0.395 e. The fourth-order valence-corrected chi connectivity index (χ4v) is 1.96. The van der Waals surface area contributed by atoms with Gasteiger partial charge in [-0.1, -0.05) is 12.1 Å². The molecule has 0 bridgehead atoms. The molecule has 1 aromatic carbocycles. The summed E-state index contributed by atoms with van der Waals surface area (Å²) in [6, 6.07) is 9.54. The molecule has 1 aromatic heterocycles. The Labute approximate surface area is 118 Å². The van der Waals surface area contributed by atoms with Crippen LogP contribution < -0.4 is 5.32 Å². The molecule has 5 nitrogen and oxygen atoms in total. The Kier molecular flexibility index (Phi) is 4.51. The Bertz CT molecular complexity index is 610. The van der Waals surface area contributed by atoms with Crippen LogP contribution in [0.1, 0.15) is 18.1 Å². The number of aliphatic hydroxyl groups excluding tert-OH is 1. The zero-order chi connectivity index (χ0) is 14.5. The highest BCUT2D eigenvalue weighted by atomic mass is 16.3. The Balaban J connectivity index is 2.24. The first-order valence-corrected chi connectivity index (χ1v) is 6.51. The van der Waals surface area contributed by atoms with E-state index >= 15 is 0 Å². The highest BCUT2D eigenvalue weighted by molar-refractivity contribution is 5.63. The zero-order valence-electron chi connectivity index (χ0n) is 11.7. The van der Waals surface area contributed by atoms with Crippen LogP contribution in [0, 0.1) is 11.3 Å². The van der Waals surface area contributed by atoms with Crippen molar-refractivity contribution in [1.82, 2.24) is 15.1 Å². The molecular weight excluding hydrogens is 252 g/mol. The molecule has 0 saturated carbocycles. The minimum Gasteiger partial charge on any atom is -0.395 e. The first-order valence-electron chi connectivity index (χ1n) is 6.51. The van der Waals surface area contributed by atoms with Crippen molar-refractivity contribution in [2.45, 2.75) is 19.5 Å². The molecule has 2 aromatic rings. The standard InChI is InChI=1S/C15H18N4O/c1-11(10-20)17-8-14-9-19(2)18-15(14)13-5-3-12(7-16)4-6-13/h3-6,9,11,17,20H,8,10H2,1-2H3/t11-/m1/s1. The van der Waals surface area contributed by atoms with E-state index in [-0.39, 0.29) is 12.6 Å². The summed E-state index contributed by atoms with van der Waals surface area (Å²) in [5.41, 5.74) is 3.59. The molecular formula is C15H18N4O. The predicted molar refractivity (Wildman–Crippen MR) is 76.7 cm³/mol. The number of nitriles is 1. The fraction of sp³-hybridized carbons (Fsp3) is 0.333. The van der Waals surface area contributed by atoms with E-state index in [0.29, 0.717) is 12.1 Å². The summed E-state index contributed by atoms with van der Waals surface area (Å²) in [5, 5.41) is 25.6. The molecule has 1 heterocycles. The molecule has 0 aliphatic carbocycles. The van der Waals surface area contributed by atoms with Crippen molar-refractivity contribution in [3.8, 4) is 17.3 Å². The van der Waals surface area contributed by atoms with Crippen LogP contribution in [-0.4, -0.2) is 27.5 Å². The number of nitrogens with one attached hydrogen (secondary N) is 1. The molecule has 0 spiro atoms. The third-order valence-corrected chi connectivity index (χ3v) is 3.11. The van der Waals surface area contributed by atoms with E-state index in [0.717, 1.165) is 16.8 Å². The van der Waals surface area contributed by atoms with E-state index in [4.69, 9.17) is 10.4 Å². The van der Waals surface area contributed by atoms with Gasteiger partial charge in [0.1, 0.15) is 0 Å². The normalized spacial score (nSPS) is 12.1. The third kappa shape index (κ3) is 3.23. The average Bonchev–Trinajstić information content (AvgIpc) is 2.85. The molecule has 104 valence electrons. The Hall–Kier alpha value is -2.16. The lowest BCUT2D eigenvalue weighted by atomic mass is 10.1. The van der Waals surface area contributed by atoms with Gasteiger partial charge in [0.25, 0.3) is 0 Å². The summed E-state index contributed by atoms with van der Waals surface area (Å²) >= 11 is 0. The van der Waals surface area contributed by atoms with Crippen molar-refractivity contribution in [3.63, 3.8) is 0 Å². The van der Waals surface area contributed by atoms with Crippen molar-refractivity contribution >= 4 is 0 Å². The highest BCUT2D eigenvalue weighted by Gasteiger charge is 2.11. The van der Waals surface area contributed by atoms with Crippen molar-refractivity contribution in [2.24, 2.45) is 7.05 Å². The van der Waals surface area contributed by atoms with E-state index in [9.17, 15) is 0 Å². The maximum Gasteiger partial charge on any atom is 0.0991 e. The monoisotopic (exact) mass is 270 g/mol. The third-order valence-electron chi connectivity index (χ3n) is 3.11. The number of nitrogens with zero attached hydrogens (tertiary/aromatic N) is 3. The van der Waals surface area contributed by atoms with Crippen LogP contribution in [0.4, 0.5) is 0 Å². The van der Waals surface area contributed by atoms with E-state index in [1.165, 1.54) is 0 Å². The molecule has 0 aliphatic heterocycles. The van der Waals surface area contributed by atoms with Gasteiger partial charge in [0.15, 0.2) is 0 Å². The first-order chi connectivity index (χ1) is 9.63. The van der Waals surface area contributed by atoms with Crippen LogP contribution >= 0.6 is 0 Å². The SMILES string of the molecule is C[C@H](CO)NCc1cn(C)nc1-c1ccc(C#N)cc1. The van der Waals surface area contributed by atoms with E-state index < -0.39 is 0 Å². The summed E-state index contributed by atoms with van der Waals surface area (Å²) < 4.78 is 1.77. The second kappa shape index (κ2) is 6.33. The van der Waals surface area contributed by atoms with Crippen LogP contribution in [0.25, 0.3) is 11.3 Å². The number of hydrogen-bond donors (Lipinski definition) is 2. The molecule has 0 radical (unpaired) electrons. The maximum absolute atomic E-state index is 9.05. The lowest BCUT2D eigenvalue weighted by Crippen LogP contribution is -2.28. The van der Waals surface area contributed by atoms with Crippen LogP contribution in [0.15, 0.2) is 30.5 Å². The number of rotatable bonds is 5. The van der Waals surface area contributed by atoms with Crippen molar-refractivity contribution in [2.75, 3.05) is 6.61 Å². The van der Waals surface area contributed by atoms with Crippen LogP contribution in [0.2, 0.25) is 0 Å². The van der Waals surface area contributed by atoms with Crippen molar-refractivity contribution < 1.29 is 5.11 Å². The van der Waals surface area contributed by atoms with E-state index in [2.05, 4.69) is 16.5 Å². The molecule has 0 saturated heterocycles. The van der Waals surface area contributed by atoms with Gasteiger partial charge in [0, 0.05) is 37.0 Å². The van der Waals surface area contributed by atoms with Gasteiger partial charge in [-0.25, -0.2) is 0 Å². The van der Waals surface area contributed by atoms with Gasteiger partial charge >= 0.3 is 0 Å². The second-order valence-electron chi connectivity index (χ2n) is 4.83. The summed E-state index contributed by atoms with van der Waals surface area (Å²) in [6.45, 7) is 2.68. The van der Waals surface area contributed by atoms with Crippen LogP contribution in [-0.2, 0) is 13.6 Å². The van der Waals surface area contributed by atoms with Gasteiger partial charge in [-0.3, -0.25) is 4.68 Å². The quantitative estimate of drug-likeness (QED) is 0.862. The number of aryl methyl sites for hydroxylation is 1. The highest BCUT2D eigenvalue weighted by Crippen LogP contribution is 2.22. The minimum absolute atomic E-state index is 0.0454. The molecule has 0 unspecified atom stereocenters. The zero-order valence-corrected chi connectivity index (χ0v) is 11.7. The predicted octanol–water partition coefficient (Wildman–Crippen LogP) is 1.43. The number of aromatic nitrogens is 2. The molecule has 0 fully saturated rings. The number of hydrogen-bond acceptors (Lipinski definition) is 4. The second-order valence-corrected chi connectivity index (χ2v) is 4.83. The van der Waals surface area contributed by atoms with E-state index in [1.54, 1.807) is 16.8 Å². The van der Waals surface area contributed by atoms with Gasteiger partial charge in [0.2, 0.25) is 0 Å². The lowest BCUT2D eigenvalue weighted by Gasteiger charge is -2.10. The van der Waals surface area contributed by atoms with Crippen LogP contribution in [0.3, 0.4) is 0 Å². The molecule has 0 aliphatic rings. The number of benzene rings is 1. The topological polar surface area (TPSA) is 73.9 Å². The molecule has 5 heteroatoms. The molecule has 2 N–H and O–H groups in total. The molecule has 2 rings (SSSR count). The molecule has 0 amide bonds. The van der Waals surface area contributed by atoms with Gasteiger partial charge in [0.05, 0.1) is 23.9 Å². The average molecular weight is 270 g/mol. The Morgan fingerprint density at radius 1 is 1.40 bits per heavy atom. The maximum atomic E-state index is 9.05. The molecule has 1 atom stereocenters. The summed E-state index contributed by atoms with van der Waals surface area (Å²) in [5.74, 6) is 0. The fourth-order valence-electron chi connectivity index (χ4n) is 1.96. The Morgan fingerprint density at radius 3 is 2.70 bits per heavy atom. The summed E-state index contributed by atoms with van der Waals surface area (Å²) in [7, 11) is 1.88. The summed E-state index contributed by atoms with van der Waals surface area (Å²) in [6.07, 6.45) is 1.96. The van der Waals surface area contributed by atoms with Gasteiger partial charge in [-0.15, -0.1) is 0 Å². The first kappa shape index (κ1) is 14.3. The van der Waals surface area contributed by atoms with Crippen LogP contribution in [0.5, 0.6) is 0 Å². The lowest BCUT2D eigenvalue weighted by molar-refractivity contribution is 0.251. The Morgan fingerprint density at radius 2 is 2.10 bits per heavy atom. The van der Waals surface area contributed by atoms with Crippen molar-refractivity contribution in [3.05, 3.63) is 41.6 Å². The van der Waals surface area contributed by atoms with Gasteiger partial charge in [-0.2, -0.15) is 10.4 Å². The van der Waals surface area contributed by atoms with Crippen molar-refractivity contribution in [1.29, 1.82) is 5.26 Å². The minimum atomic E-state index is 0.0454.